The minimum Gasteiger partial charge on any atom is -0.370 e. The standard InChI is InChI=1S/C20H31N5O/c1-6-14(2)17(26)25-12-9-20(10-13-25)18(24-19(3,4)5)22-16-15(23-20)8-7-11-21-16/h7-8,11,14,23H,6,9-10,12-13H2,1-5H3,(H,21,22,24). The van der Waals surface area contributed by atoms with E-state index in [9.17, 15) is 4.79 Å². The highest BCUT2D eigenvalue weighted by Gasteiger charge is 2.44. The Balaban J connectivity index is 1.87. The molecule has 2 N–H and O–H groups in total. The first kappa shape index (κ1) is 18.7. The van der Waals surface area contributed by atoms with E-state index in [1.165, 1.54) is 0 Å². The molecule has 0 saturated carbocycles. The fraction of sp³-hybridized carbons (Fsp3) is 0.650. The topological polar surface area (TPSA) is 69.6 Å². The molecule has 142 valence electrons. The van der Waals surface area contributed by atoms with E-state index in [0.717, 1.165) is 49.7 Å². The number of aromatic nitrogens is 1. The average molecular weight is 358 g/mol. The first-order chi connectivity index (χ1) is 12.2. The van der Waals surface area contributed by atoms with Gasteiger partial charge in [-0.05, 0) is 52.2 Å². The highest BCUT2D eigenvalue weighted by Crippen LogP contribution is 2.37. The minimum absolute atomic E-state index is 0.0918. The van der Waals surface area contributed by atoms with Crippen LogP contribution in [0.3, 0.4) is 0 Å². The summed E-state index contributed by atoms with van der Waals surface area (Å²) >= 11 is 0. The Morgan fingerprint density at radius 2 is 2.08 bits per heavy atom. The van der Waals surface area contributed by atoms with Crippen molar-refractivity contribution < 1.29 is 4.79 Å². The minimum atomic E-state index is -0.268. The van der Waals surface area contributed by atoms with Gasteiger partial charge in [0.15, 0.2) is 5.82 Å². The number of piperidine rings is 1. The van der Waals surface area contributed by atoms with Gasteiger partial charge in [0.25, 0.3) is 0 Å². The lowest BCUT2D eigenvalue weighted by Gasteiger charge is -2.47. The largest absolute Gasteiger partial charge is 0.370 e. The third-order valence-electron chi connectivity index (χ3n) is 5.28. The van der Waals surface area contributed by atoms with Crippen LogP contribution in [0.1, 0.15) is 53.9 Å². The summed E-state index contributed by atoms with van der Waals surface area (Å²) in [6.45, 7) is 11.9. The number of rotatable bonds is 2. The summed E-state index contributed by atoms with van der Waals surface area (Å²) in [7, 11) is 0. The molecule has 0 radical (unpaired) electrons. The maximum absolute atomic E-state index is 12.6. The molecule has 6 nitrogen and oxygen atoms in total. The van der Waals surface area contributed by atoms with Gasteiger partial charge in [-0.25, -0.2) is 4.98 Å². The molecule has 1 saturated heterocycles. The van der Waals surface area contributed by atoms with Crippen LogP contribution in [0.25, 0.3) is 0 Å². The van der Waals surface area contributed by atoms with Crippen molar-refractivity contribution in [1.29, 1.82) is 0 Å². The van der Waals surface area contributed by atoms with Gasteiger partial charge < -0.3 is 15.5 Å². The van der Waals surface area contributed by atoms with E-state index in [-0.39, 0.29) is 22.9 Å². The Bertz CT molecular complexity index is 698. The first-order valence-electron chi connectivity index (χ1n) is 9.63. The molecule has 1 unspecified atom stereocenters. The number of hydrogen-bond acceptors (Lipinski definition) is 4. The summed E-state index contributed by atoms with van der Waals surface area (Å²) < 4.78 is 0. The predicted molar refractivity (Wildman–Crippen MR) is 107 cm³/mol. The third kappa shape index (κ3) is 3.69. The normalized spacial score (nSPS) is 21.7. The molecule has 1 atom stereocenters. The van der Waals surface area contributed by atoms with Gasteiger partial charge in [-0.1, -0.05) is 13.8 Å². The van der Waals surface area contributed by atoms with Crippen LogP contribution in [0.15, 0.2) is 23.3 Å². The zero-order valence-corrected chi connectivity index (χ0v) is 16.6. The Morgan fingerprint density at radius 3 is 2.69 bits per heavy atom. The number of anilines is 2. The first-order valence-corrected chi connectivity index (χ1v) is 9.63. The highest BCUT2D eigenvalue weighted by molar-refractivity contribution is 6.09. The van der Waals surface area contributed by atoms with Crippen LogP contribution in [0.4, 0.5) is 11.5 Å². The van der Waals surface area contributed by atoms with E-state index in [4.69, 9.17) is 4.99 Å². The molecule has 3 heterocycles. The second kappa shape index (κ2) is 6.89. The number of amidine groups is 1. The second-order valence-corrected chi connectivity index (χ2v) is 8.50. The Morgan fingerprint density at radius 1 is 1.38 bits per heavy atom. The van der Waals surface area contributed by atoms with E-state index < -0.39 is 0 Å². The molecule has 2 aliphatic rings. The van der Waals surface area contributed by atoms with Crippen LogP contribution >= 0.6 is 0 Å². The van der Waals surface area contributed by atoms with Gasteiger partial charge in [0, 0.05) is 25.2 Å². The molecule has 3 rings (SSSR count). The number of carbonyl (C=O) groups excluding carboxylic acids is 1. The molecular weight excluding hydrogens is 326 g/mol. The monoisotopic (exact) mass is 357 g/mol. The highest BCUT2D eigenvalue weighted by atomic mass is 16.2. The molecule has 1 fully saturated rings. The Hall–Kier alpha value is -2.11. The van der Waals surface area contributed by atoms with Gasteiger partial charge in [0.1, 0.15) is 5.84 Å². The van der Waals surface area contributed by atoms with Crippen molar-refractivity contribution in [1.82, 2.24) is 9.88 Å². The predicted octanol–water partition coefficient (Wildman–Crippen LogP) is 3.52. The number of likely N-dealkylation sites (tertiary alicyclic amines) is 1. The molecule has 1 amide bonds. The van der Waals surface area contributed by atoms with Crippen molar-refractivity contribution in [2.75, 3.05) is 23.7 Å². The van der Waals surface area contributed by atoms with Crippen LogP contribution < -0.4 is 10.6 Å². The molecule has 2 aliphatic heterocycles. The molecule has 26 heavy (non-hydrogen) atoms. The van der Waals surface area contributed by atoms with Crippen LogP contribution in [0.2, 0.25) is 0 Å². The molecule has 1 aromatic rings. The molecule has 0 aliphatic carbocycles. The molecule has 6 heteroatoms. The van der Waals surface area contributed by atoms with E-state index >= 15 is 0 Å². The van der Waals surface area contributed by atoms with Gasteiger partial charge >= 0.3 is 0 Å². The summed E-state index contributed by atoms with van der Waals surface area (Å²) in [5, 5.41) is 7.16. The number of amides is 1. The van der Waals surface area contributed by atoms with E-state index in [0.29, 0.717) is 0 Å². The Kier molecular flexibility index (Phi) is 4.95. The van der Waals surface area contributed by atoms with Gasteiger partial charge in [-0.2, -0.15) is 0 Å². The second-order valence-electron chi connectivity index (χ2n) is 8.50. The van der Waals surface area contributed by atoms with Crippen molar-refractivity contribution in [3.05, 3.63) is 18.3 Å². The maximum atomic E-state index is 12.6. The molecule has 0 bridgehead atoms. The SMILES string of the molecule is CCC(C)C(=O)N1CCC2(CC1)Nc1cccnc1NC2=NC(C)(C)C. The van der Waals surface area contributed by atoms with E-state index in [2.05, 4.69) is 43.3 Å². The lowest BCUT2D eigenvalue weighted by Crippen LogP contribution is -2.60. The van der Waals surface area contributed by atoms with Gasteiger partial charge in [-0.3, -0.25) is 9.79 Å². The zero-order chi connectivity index (χ0) is 18.9. The van der Waals surface area contributed by atoms with Crippen molar-refractivity contribution in [2.45, 2.75) is 65.0 Å². The fourth-order valence-electron chi connectivity index (χ4n) is 3.58. The third-order valence-corrected chi connectivity index (χ3v) is 5.28. The summed E-state index contributed by atoms with van der Waals surface area (Å²) in [6.07, 6.45) is 4.35. The van der Waals surface area contributed by atoms with E-state index in [1.807, 2.05) is 24.0 Å². The molecule has 1 aromatic heterocycles. The summed E-state index contributed by atoms with van der Waals surface area (Å²) in [4.78, 5) is 24.0. The molecule has 1 spiro atoms. The number of pyridine rings is 1. The quantitative estimate of drug-likeness (QED) is 0.850. The van der Waals surface area contributed by atoms with Crippen molar-refractivity contribution >= 4 is 23.2 Å². The summed E-state index contributed by atoms with van der Waals surface area (Å²) in [5.74, 6) is 2.11. The van der Waals surface area contributed by atoms with Crippen molar-refractivity contribution in [2.24, 2.45) is 10.9 Å². The van der Waals surface area contributed by atoms with Crippen molar-refractivity contribution in [3.63, 3.8) is 0 Å². The van der Waals surface area contributed by atoms with Crippen LogP contribution in [-0.2, 0) is 4.79 Å². The number of carbonyl (C=O) groups is 1. The van der Waals surface area contributed by atoms with Gasteiger partial charge in [0.2, 0.25) is 5.91 Å². The van der Waals surface area contributed by atoms with Gasteiger partial charge in [0.05, 0.1) is 16.8 Å². The maximum Gasteiger partial charge on any atom is 0.225 e. The number of hydrogen-bond donors (Lipinski definition) is 2. The molecular formula is C20H31N5O. The lowest BCUT2D eigenvalue weighted by atomic mass is 9.83. The summed E-state index contributed by atoms with van der Waals surface area (Å²) in [6, 6.07) is 3.98. The van der Waals surface area contributed by atoms with Crippen LogP contribution in [-0.4, -0.2) is 45.8 Å². The number of aliphatic imine (C=N–C) groups is 1. The van der Waals surface area contributed by atoms with Gasteiger partial charge in [-0.15, -0.1) is 0 Å². The fourth-order valence-corrected chi connectivity index (χ4v) is 3.58. The van der Waals surface area contributed by atoms with E-state index in [1.54, 1.807) is 6.20 Å². The van der Waals surface area contributed by atoms with Crippen molar-refractivity contribution in [3.8, 4) is 0 Å². The smallest absolute Gasteiger partial charge is 0.225 e. The number of nitrogens with zero attached hydrogens (tertiary/aromatic N) is 3. The number of fused-ring (bicyclic) bond motifs is 1. The number of nitrogens with one attached hydrogen (secondary N) is 2. The lowest BCUT2D eigenvalue weighted by molar-refractivity contribution is -0.136. The van der Waals surface area contributed by atoms with Crippen LogP contribution in [0.5, 0.6) is 0 Å². The average Bonchev–Trinajstić information content (AvgIpc) is 2.60. The Labute approximate surface area is 156 Å². The van der Waals surface area contributed by atoms with Crippen LogP contribution in [0, 0.1) is 5.92 Å². The molecule has 0 aromatic carbocycles. The summed E-state index contributed by atoms with van der Waals surface area (Å²) in [5.41, 5.74) is 0.546. The zero-order valence-electron chi connectivity index (χ0n) is 16.6.